The van der Waals surface area contributed by atoms with Crippen molar-refractivity contribution in [2.24, 2.45) is 0 Å². The number of carbonyl (C=O) groups is 1. The van der Waals surface area contributed by atoms with Crippen LogP contribution < -0.4 is 10.7 Å². The molecule has 5 nitrogen and oxygen atoms in total. The van der Waals surface area contributed by atoms with Gasteiger partial charge in [-0.2, -0.15) is 0 Å². The molecule has 0 saturated heterocycles. The molecule has 29 heavy (non-hydrogen) atoms. The number of rotatable bonds is 4. The molecule has 0 fully saturated rings. The smallest absolute Gasteiger partial charge is 0.234 e. The predicted molar refractivity (Wildman–Crippen MR) is 111 cm³/mol. The maximum absolute atomic E-state index is 13.7. The van der Waals surface area contributed by atoms with Crippen molar-refractivity contribution in [3.05, 3.63) is 80.4 Å². The summed E-state index contributed by atoms with van der Waals surface area (Å²) in [6, 6.07) is 10.4. The molecule has 150 valence electrons. The van der Waals surface area contributed by atoms with E-state index in [9.17, 15) is 14.0 Å². The first-order valence-corrected chi connectivity index (χ1v) is 9.80. The van der Waals surface area contributed by atoms with Crippen LogP contribution in [0.4, 0.5) is 4.39 Å². The Labute approximate surface area is 168 Å². The lowest BCUT2D eigenvalue weighted by atomic mass is 9.99. The van der Waals surface area contributed by atoms with Gasteiger partial charge in [0.15, 0.2) is 5.43 Å². The number of aromatic amines is 1. The average Bonchev–Trinajstić information content (AvgIpc) is 2.69. The molecule has 2 N–H and O–H groups in total. The monoisotopic (exact) mass is 393 g/mol. The van der Waals surface area contributed by atoms with Crippen LogP contribution in [0.1, 0.15) is 27.9 Å². The molecule has 0 atom stereocenters. The van der Waals surface area contributed by atoms with E-state index in [0.717, 1.165) is 27.9 Å². The van der Waals surface area contributed by atoms with Crippen molar-refractivity contribution in [3.8, 4) is 0 Å². The summed E-state index contributed by atoms with van der Waals surface area (Å²) in [6.45, 7) is 5.44. The first-order valence-electron chi connectivity index (χ1n) is 9.80. The predicted octanol–water partition coefficient (Wildman–Crippen LogP) is 2.96. The molecule has 2 heterocycles. The summed E-state index contributed by atoms with van der Waals surface area (Å²) in [4.78, 5) is 30.8. The largest absolute Gasteiger partial charge is 0.358 e. The van der Waals surface area contributed by atoms with Gasteiger partial charge < -0.3 is 10.3 Å². The van der Waals surface area contributed by atoms with Gasteiger partial charge in [-0.1, -0.05) is 24.3 Å². The highest BCUT2D eigenvalue weighted by Crippen LogP contribution is 2.21. The third kappa shape index (κ3) is 3.93. The van der Waals surface area contributed by atoms with Crippen molar-refractivity contribution >= 4 is 16.8 Å². The highest BCUT2D eigenvalue weighted by atomic mass is 19.1. The molecule has 0 unspecified atom stereocenters. The summed E-state index contributed by atoms with van der Waals surface area (Å²) in [7, 11) is 0. The Balaban J connectivity index is 1.48. The number of hydrogen-bond donors (Lipinski definition) is 2. The lowest BCUT2D eigenvalue weighted by Crippen LogP contribution is -2.41. The fourth-order valence-corrected chi connectivity index (χ4v) is 4.02. The molecule has 1 aliphatic heterocycles. The minimum Gasteiger partial charge on any atom is -0.358 e. The van der Waals surface area contributed by atoms with Crippen LogP contribution in [0.3, 0.4) is 0 Å². The Bertz CT molecular complexity index is 1150. The van der Waals surface area contributed by atoms with Crippen LogP contribution in [0.2, 0.25) is 0 Å². The van der Waals surface area contributed by atoms with Crippen LogP contribution in [0.5, 0.6) is 0 Å². The molecule has 0 bridgehead atoms. The first kappa shape index (κ1) is 19.3. The van der Waals surface area contributed by atoms with E-state index in [-0.39, 0.29) is 30.2 Å². The second-order valence-corrected chi connectivity index (χ2v) is 7.74. The van der Waals surface area contributed by atoms with E-state index in [4.69, 9.17) is 0 Å². The number of nitrogens with one attached hydrogen (secondary N) is 2. The number of H-pyrrole nitrogens is 1. The molecule has 0 saturated carbocycles. The Morgan fingerprint density at radius 2 is 2.03 bits per heavy atom. The van der Waals surface area contributed by atoms with Gasteiger partial charge in [-0.25, -0.2) is 4.39 Å². The number of benzene rings is 2. The van der Waals surface area contributed by atoms with Gasteiger partial charge in [0.25, 0.3) is 0 Å². The molecule has 3 aromatic rings. The maximum atomic E-state index is 13.7. The summed E-state index contributed by atoms with van der Waals surface area (Å²) in [5.41, 5.74) is 5.20. The van der Waals surface area contributed by atoms with Gasteiger partial charge >= 0.3 is 0 Å². The number of carbonyl (C=O) groups excluding carboxylic acids is 1. The van der Waals surface area contributed by atoms with Gasteiger partial charge in [-0.15, -0.1) is 0 Å². The van der Waals surface area contributed by atoms with Crippen LogP contribution in [-0.2, 0) is 24.3 Å². The Kier molecular flexibility index (Phi) is 5.20. The lowest BCUT2D eigenvalue weighted by Gasteiger charge is -2.28. The quantitative estimate of drug-likeness (QED) is 0.716. The van der Waals surface area contributed by atoms with Gasteiger partial charge in [0.2, 0.25) is 5.91 Å². The van der Waals surface area contributed by atoms with E-state index in [1.165, 1.54) is 6.07 Å². The van der Waals surface area contributed by atoms with Gasteiger partial charge in [-0.3, -0.25) is 14.5 Å². The molecule has 1 aromatic heterocycles. The molecule has 0 aliphatic carbocycles. The number of aryl methyl sites for hydroxylation is 2. The number of fused-ring (bicyclic) bond motifs is 2. The maximum Gasteiger partial charge on any atom is 0.234 e. The number of halogens is 1. The van der Waals surface area contributed by atoms with Crippen LogP contribution in [0.15, 0.2) is 41.2 Å². The Morgan fingerprint density at radius 1 is 1.24 bits per heavy atom. The number of amides is 1. The normalized spacial score (nSPS) is 14.0. The standard InChI is InChI=1S/C23H24FN3O2/c1-14-9-15(2)22-17(10-14)23(29)18-12-27(8-7-20(18)26-22)13-21(28)25-11-16-5-3-4-6-19(16)24/h3-6,9-10H,7-8,11-13H2,1-2H3,(H,25,28)(H,26,29). The van der Waals surface area contributed by atoms with Gasteiger partial charge in [-0.05, 0) is 37.1 Å². The fraction of sp³-hybridized carbons (Fsp3) is 0.304. The zero-order chi connectivity index (χ0) is 20.5. The lowest BCUT2D eigenvalue weighted by molar-refractivity contribution is -0.122. The zero-order valence-electron chi connectivity index (χ0n) is 16.6. The molecule has 4 rings (SSSR count). The molecule has 2 aromatic carbocycles. The van der Waals surface area contributed by atoms with E-state index in [0.29, 0.717) is 30.5 Å². The van der Waals surface area contributed by atoms with E-state index >= 15 is 0 Å². The summed E-state index contributed by atoms with van der Waals surface area (Å²) in [5.74, 6) is -0.510. The third-order valence-corrected chi connectivity index (χ3v) is 5.50. The third-order valence-electron chi connectivity index (χ3n) is 5.50. The summed E-state index contributed by atoms with van der Waals surface area (Å²) >= 11 is 0. The molecule has 1 amide bonds. The van der Waals surface area contributed by atoms with Crippen LogP contribution >= 0.6 is 0 Å². The summed E-state index contributed by atoms with van der Waals surface area (Å²) in [6.07, 6.45) is 0.689. The summed E-state index contributed by atoms with van der Waals surface area (Å²) in [5, 5.41) is 3.46. The Morgan fingerprint density at radius 3 is 2.83 bits per heavy atom. The molecule has 0 radical (unpaired) electrons. The van der Waals surface area contributed by atoms with Crippen molar-refractivity contribution in [1.29, 1.82) is 0 Å². The molecule has 6 heteroatoms. The first-order chi connectivity index (χ1) is 13.9. The number of nitrogens with zero attached hydrogens (tertiary/aromatic N) is 1. The molecule has 0 spiro atoms. The Hall–Kier alpha value is -2.99. The second kappa shape index (κ2) is 7.79. The van der Waals surface area contributed by atoms with Crippen LogP contribution in [0, 0.1) is 19.7 Å². The second-order valence-electron chi connectivity index (χ2n) is 7.74. The summed E-state index contributed by atoms with van der Waals surface area (Å²) < 4.78 is 13.7. The minimum absolute atomic E-state index is 0.0389. The van der Waals surface area contributed by atoms with Crippen molar-refractivity contribution in [2.75, 3.05) is 13.1 Å². The zero-order valence-corrected chi connectivity index (χ0v) is 16.6. The van der Waals surface area contributed by atoms with E-state index in [1.54, 1.807) is 18.2 Å². The van der Waals surface area contributed by atoms with E-state index < -0.39 is 0 Å². The highest BCUT2D eigenvalue weighted by Gasteiger charge is 2.23. The van der Waals surface area contributed by atoms with Crippen molar-refractivity contribution in [2.45, 2.75) is 33.4 Å². The minimum atomic E-state index is -0.330. The molecule has 1 aliphatic rings. The molecular weight excluding hydrogens is 369 g/mol. The highest BCUT2D eigenvalue weighted by molar-refractivity contribution is 5.83. The van der Waals surface area contributed by atoms with Crippen molar-refractivity contribution in [3.63, 3.8) is 0 Å². The van der Waals surface area contributed by atoms with Crippen molar-refractivity contribution < 1.29 is 9.18 Å². The van der Waals surface area contributed by atoms with Crippen LogP contribution in [-0.4, -0.2) is 28.9 Å². The van der Waals surface area contributed by atoms with Crippen LogP contribution in [0.25, 0.3) is 10.9 Å². The van der Waals surface area contributed by atoms with E-state index in [2.05, 4.69) is 16.4 Å². The average molecular weight is 393 g/mol. The van der Waals surface area contributed by atoms with Gasteiger partial charge in [0, 0.05) is 48.3 Å². The number of hydrogen-bond acceptors (Lipinski definition) is 3. The SMILES string of the molecule is Cc1cc(C)c2[nH]c3c(c(=O)c2c1)CN(CC(=O)NCc1ccccc1F)CC3. The molecular formula is C23H24FN3O2. The van der Waals surface area contributed by atoms with E-state index in [1.807, 2.05) is 24.8 Å². The van der Waals surface area contributed by atoms with Crippen molar-refractivity contribution in [1.82, 2.24) is 15.2 Å². The fourth-order valence-electron chi connectivity index (χ4n) is 4.02. The topological polar surface area (TPSA) is 65.2 Å². The number of pyridine rings is 1. The van der Waals surface area contributed by atoms with Gasteiger partial charge in [0.1, 0.15) is 5.82 Å². The van der Waals surface area contributed by atoms with Gasteiger partial charge in [0.05, 0.1) is 12.1 Å². The number of aromatic nitrogens is 1.